The Morgan fingerprint density at radius 3 is 2.76 bits per heavy atom. The van der Waals surface area contributed by atoms with Crippen molar-refractivity contribution in [2.24, 2.45) is 5.92 Å². The maximum Gasteiger partial charge on any atom is 0.246 e. The van der Waals surface area contributed by atoms with E-state index in [0.29, 0.717) is 30.8 Å². The number of benzene rings is 1. The number of nitrogens with zero attached hydrogens (tertiary/aromatic N) is 2. The molecule has 0 saturated heterocycles. The first-order valence-corrected chi connectivity index (χ1v) is 7.51. The average Bonchev–Trinajstić information content (AvgIpc) is 3.22. The molecular formula is C16H21N3O2. The van der Waals surface area contributed by atoms with Crippen LogP contribution in [0, 0.1) is 12.8 Å². The Balaban J connectivity index is 1.60. The molecule has 0 aliphatic heterocycles. The Kier molecular flexibility index (Phi) is 4.20. The molecule has 5 nitrogen and oxygen atoms in total. The van der Waals surface area contributed by atoms with E-state index in [1.165, 1.54) is 18.4 Å². The number of hydrogen-bond donors (Lipinski definition) is 1. The summed E-state index contributed by atoms with van der Waals surface area (Å²) in [5.74, 6) is 1.83. The molecule has 1 aromatic heterocycles. The van der Waals surface area contributed by atoms with Crippen LogP contribution in [-0.2, 0) is 11.3 Å². The Morgan fingerprint density at radius 2 is 2.10 bits per heavy atom. The number of ether oxygens (including phenoxy) is 1. The van der Waals surface area contributed by atoms with Crippen LogP contribution >= 0.6 is 0 Å². The number of hydrogen-bond acceptors (Lipinski definition) is 5. The van der Waals surface area contributed by atoms with Gasteiger partial charge in [-0.05, 0) is 44.7 Å². The van der Waals surface area contributed by atoms with E-state index in [9.17, 15) is 0 Å². The standard InChI is InChI=1S/C16H21N3O2/c1-3-20-15(12-6-7-12)16-18-14(21-19-16)10-17-13-8-4-11(2)5-9-13/h4-5,8-9,12,15,17H,3,6-7,10H2,1-2H3. The van der Waals surface area contributed by atoms with Crippen molar-refractivity contribution in [3.05, 3.63) is 41.5 Å². The predicted octanol–water partition coefficient (Wildman–Crippen LogP) is 3.48. The minimum atomic E-state index is -0.00752. The van der Waals surface area contributed by atoms with Crippen molar-refractivity contribution in [1.82, 2.24) is 10.1 Å². The highest BCUT2D eigenvalue weighted by Gasteiger charge is 2.36. The molecule has 1 saturated carbocycles. The lowest BCUT2D eigenvalue weighted by atomic mass is 10.2. The lowest BCUT2D eigenvalue weighted by Crippen LogP contribution is -2.09. The predicted molar refractivity (Wildman–Crippen MR) is 79.9 cm³/mol. The van der Waals surface area contributed by atoms with Gasteiger partial charge in [-0.1, -0.05) is 22.9 Å². The van der Waals surface area contributed by atoms with Gasteiger partial charge in [0.2, 0.25) is 11.7 Å². The first kappa shape index (κ1) is 14.1. The molecule has 1 fully saturated rings. The zero-order chi connectivity index (χ0) is 14.7. The van der Waals surface area contributed by atoms with Gasteiger partial charge in [0.1, 0.15) is 6.10 Å². The zero-order valence-electron chi connectivity index (χ0n) is 12.5. The van der Waals surface area contributed by atoms with Crippen LogP contribution in [0.25, 0.3) is 0 Å². The van der Waals surface area contributed by atoms with Crippen LogP contribution in [0.3, 0.4) is 0 Å². The summed E-state index contributed by atoms with van der Waals surface area (Å²) in [7, 11) is 0. The molecule has 1 aliphatic carbocycles. The van der Waals surface area contributed by atoms with Crippen LogP contribution in [0.1, 0.15) is 43.1 Å². The lowest BCUT2D eigenvalue weighted by Gasteiger charge is -2.11. The molecule has 0 bridgehead atoms. The maximum atomic E-state index is 5.74. The first-order chi connectivity index (χ1) is 10.3. The van der Waals surface area contributed by atoms with Crippen molar-refractivity contribution in [3.8, 4) is 0 Å². The smallest absolute Gasteiger partial charge is 0.246 e. The molecule has 3 rings (SSSR count). The summed E-state index contributed by atoms with van der Waals surface area (Å²) in [6.07, 6.45) is 2.37. The van der Waals surface area contributed by atoms with Crippen LogP contribution < -0.4 is 5.32 Å². The highest BCUT2D eigenvalue weighted by Crippen LogP contribution is 2.42. The second-order valence-electron chi connectivity index (χ2n) is 5.48. The van der Waals surface area contributed by atoms with Crippen molar-refractivity contribution in [1.29, 1.82) is 0 Å². The minimum absolute atomic E-state index is 0.00752. The Bertz CT molecular complexity index is 575. The molecule has 5 heteroatoms. The Labute approximate surface area is 124 Å². The van der Waals surface area contributed by atoms with Gasteiger partial charge in [0.15, 0.2) is 0 Å². The van der Waals surface area contributed by atoms with Gasteiger partial charge in [0, 0.05) is 12.3 Å². The number of nitrogens with one attached hydrogen (secondary N) is 1. The van der Waals surface area contributed by atoms with Crippen LogP contribution in [0.5, 0.6) is 0 Å². The minimum Gasteiger partial charge on any atom is -0.376 e. The molecule has 1 N–H and O–H groups in total. The number of rotatable bonds is 7. The summed E-state index contributed by atoms with van der Waals surface area (Å²) in [6.45, 7) is 5.27. The van der Waals surface area contributed by atoms with E-state index in [1.807, 2.05) is 19.1 Å². The fourth-order valence-corrected chi connectivity index (χ4v) is 2.30. The Morgan fingerprint density at radius 1 is 1.33 bits per heavy atom. The molecule has 21 heavy (non-hydrogen) atoms. The maximum absolute atomic E-state index is 5.74. The summed E-state index contributed by atoms with van der Waals surface area (Å²) >= 11 is 0. The van der Waals surface area contributed by atoms with Gasteiger partial charge in [-0.3, -0.25) is 0 Å². The first-order valence-electron chi connectivity index (χ1n) is 7.51. The van der Waals surface area contributed by atoms with E-state index in [-0.39, 0.29) is 6.10 Å². The molecule has 1 aromatic carbocycles. The molecule has 0 radical (unpaired) electrons. The largest absolute Gasteiger partial charge is 0.376 e. The number of aryl methyl sites for hydroxylation is 1. The van der Waals surface area contributed by atoms with Gasteiger partial charge in [-0.2, -0.15) is 4.98 Å². The molecular weight excluding hydrogens is 266 g/mol. The van der Waals surface area contributed by atoms with Crippen molar-refractivity contribution >= 4 is 5.69 Å². The van der Waals surface area contributed by atoms with Gasteiger partial charge in [0.25, 0.3) is 0 Å². The van der Waals surface area contributed by atoms with Gasteiger partial charge in [0.05, 0.1) is 6.54 Å². The van der Waals surface area contributed by atoms with Crippen LogP contribution in [0.15, 0.2) is 28.8 Å². The van der Waals surface area contributed by atoms with Gasteiger partial charge < -0.3 is 14.6 Å². The average molecular weight is 287 g/mol. The van der Waals surface area contributed by atoms with E-state index in [2.05, 4.69) is 34.5 Å². The molecule has 1 unspecified atom stereocenters. The molecule has 2 aromatic rings. The molecule has 1 aliphatic rings. The summed E-state index contributed by atoms with van der Waals surface area (Å²) in [4.78, 5) is 4.46. The fraction of sp³-hybridized carbons (Fsp3) is 0.500. The SMILES string of the molecule is CCOC(c1noc(CNc2ccc(C)cc2)n1)C1CC1. The second kappa shape index (κ2) is 6.26. The van der Waals surface area contributed by atoms with E-state index >= 15 is 0 Å². The van der Waals surface area contributed by atoms with Gasteiger partial charge >= 0.3 is 0 Å². The lowest BCUT2D eigenvalue weighted by molar-refractivity contribution is 0.0384. The number of anilines is 1. The molecule has 0 amide bonds. The van der Waals surface area contributed by atoms with Crippen molar-refractivity contribution < 1.29 is 9.26 Å². The zero-order valence-corrected chi connectivity index (χ0v) is 12.5. The van der Waals surface area contributed by atoms with E-state index in [4.69, 9.17) is 9.26 Å². The highest BCUT2D eigenvalue weighted by molar-refractivity contribution is 5.44. The molecule has 1 atom stereocenters. The van der Waals surface area contributed by atoms with Gasteiger partial charge in [-0.15, -0.1) is 0 Å². The second-order valence-corrected chi connectivity index (χ2v) is 5.48. The monoisotopic (exact) mass is 287 g/mol. The molecule has 1 heterocycles. The summed E-state index contributed by atoms with van der Waals surface area (Å²) in [5, 5.41) is 7.35. The van der Waals surface area contributed by atoms with E-state index in [0.717, 1.165) is 5.69 Å². The molecule has 112 valence electrons. The summed E-state index contributed by atoms with van der Waals surface area (Å²) < 4.78 is 11.0. The third kappa shape index (κ3) is 3.61. The van der Waals surface area contributed by atoms with Crippen molar-refractivity contribution in [2.75, 3.05) is 11.9 Å². The Hall–Kier alpha value is -1.88. The van der Waals surface area contributed by atoms with E-state index in [1.54, 1.807) is 0 Å². The van der Waals surface area contributed by atoms with Crippen LogP contribution in [0.4, 0.5) is 5.69 Å². The summed E-state index contributed by atoms with van der Waals surface area (Å²) in [5.41, 5.74) is 2.29. The fourth-order valence-electron chi connectivity index (χ4n) is 2.30. The topological polar surface area (TPSA) is 60.2 Å². The van der Waals surface area contributed by atoms with Crippen LogP contribution in [0.2, 0.25) is 0 Å². The summed E-state index contributed by atoms with van der Waals surface area (Å²) in [6, 6.07) is 8.22. The van der Waals surface area contributed by atoms with Crippen molar-refractivity contribution in [2.45, 2.75) is 39.3 Å². The van der Waals surface area contributed by atoms with Gasteiger partial charge in [-0.25, -0.2) is 0 Å². The third-order valence-electron chi connectivity index (χ3n) is 3.63. The third-order valence-corrected chi connectivity index (χ3v) is 3.63. The van der Waals surface area contributed by atoms with E-state index < -0.39 is 0 Å². The highest BCUT2D eigenvalue weighted by atomic mass is 16.5. The normalized spacial score (nSPS) is 15.9. The van der Waals surface area contributed by atoms with Crippen LogP contribution in [-0.4, -0.2) is 16.7 Å². The van der Waals surface area contributed by atoms with Crippen molar-refractivity contribution in [3.63, 3.8) is 0 Å². The number of aromatic nitrogens is 2. The quantitative estimate of drug-likeness (QED) is 0.844. The molecule has 0 spiro atoms.